The maximum atomic E-state index is 13.3. The predicted molar refractivity (Wildman–Crippen MR) is 122 cm³/mol. The molecule has 1 aromatic heterocycles. The van der Waals surface area contributed by atoms with Crippen LogP contribution in [0.15, 0.2) is 94.2 Å². The van der Waals surface area contributed by atoms with E-state index in [1.807, 2.05) is 72.8 Å². The molecule has 6 heteroatoms. The zero-order valence-electron chi connectivity index (χ0n) is 16.2. The van der Waals surface area contributed by atoms with Gasteiger partial charge in [-0.3, -0.25) is 9.59 Å². The van der Waals surface area contributed by atoms with Crippen LogP contribution >= 0.6 is 15.9 Å². The lowest BCUT2D eigenvalue weighted by Gasteiger charge is -2.16. The third-order valence-electron chi connectivity index (χ3n) is 4.66. The maximum absolute atomic E-state index is 13.3. The van der Waals surface area contributed by atoms with E-state index < -0.39 is 11.5 Å². The van der Waals surface area contributed by atoms with Gasteiger partial charge in [-0.25, -0.2) is 4.68 Å². The van der Waals surface area contributed by atoms with Crippen LogP contribution in [0.3, 0.4) is 0 Å². The van der Waals surface area contributed by atoms with Crippen LogP contribution in [0.25, 0.3) is 22.4 Å². The number of anilines is 1. The van der Waals surface area contributed by atoms with E-state index in [-0.39, 0.29) is 5.56 Å². The highest BCUT2D eigenvalue weighted by Crippen LogP contribution is 2.32. The molecule has 3 aromatic carbocycles. The summed E-state index contributed by atoms with van der Waals surface area (Å²) >= 11 is 3.40. The first-order valence-corrected chi connectivity index (χ1v) is 10.1. The summed E-state index contributed by atoms with van der Waals surface area (Å²) in [5.41, 5.74) is 2.84. The quantitative estimate of drug-likeness (QED) is 0.460. The maximum Gasteiger partial charge on any atom is 0.280 e. The van der Waals surface area contributed by atoms with Gasteiger partial charge >= 0.3 is 0 Å². The van der Waals surface area contributed by atoms with Crippen molar-refractivity contribution < 1.29 is 4.79 Å². The number of rotatable bonds is 4. The Labute approximate surface area is 182 Å². The molecule has 0 aliphatic heterocycles. The number of halogens is 1. The highest BCUT2D eigenvalue weighted by Gasteiger charge is 2.24. The third-order valence-corrected chi connectivity index (χ3v) is 5.16. The van der Waals surface area contributed by atoms with E-state index in [0.29, 0.717) is 16.9 Å². The first-order chi connectivity index (χ1) is 14.5. The zero-order chi connectivity index (χ0) is 21.1. The van der Waals surface area contributed by atoms with Crippen LogP contribution < -0.4 is 10.9 Å². The van der Waals surface area contributed by atoms with E-state index in [9.17, 15) is 9.59 Å². The standard InChI is InChI=1S/C24H18BrN3O2/c1-28-24(30)21(23(29)26-19-14-8-13-18(25)15-19)20(16-9-4-2-5-10-16)22(27-28)17-11-6-3-7-12-17/h2-15H,1H3,(H,26,29). The van der Waals surface area contributed by atoms with Gasteiger partial charge in [0, 0.05) is 28.3 Å². The summed E-state index contributed by atoms with van der Waals surface area (Å²) < 4.78 is 2.04. The lowest BCUT2D eigenvalue weighted by Crippen LogP contribution is -2.31. The number of nitrogens with one attached hydrogen (secondary N) is 1. The first-order valence-electron chi connectivity index (χ1n) is 9.33. The number of aromatic nitrogens is 2. The molecule has 0 unspecified atom stereocenters. The Morgan fingerprint density at radius 2 is 1.53 bits per heavy atom. The van der Waals surface area contributed by atoms with Crippen molar-refractivity contribution >= 4 is 27.5 Å². The Balaban J connectivity index is 1.96. The number of carbonyl (C=O) groups excluding carboxylic acids is 1. The van der Waals surface area contributed by atoms with Crippen molar-refractivity contribution in [1.29, 1.82) is 0 Å². The third kappa shape index (κ3) is 3.95. The minimum atomic E-state index is -0.480. The van der Waals surface area contributed by atoms with Gasteiger partial charge in [-0.2, -0.15) is 5.10 Å². The number of amides is 1. The molecule has 0 radical (unpaired) electrons. The summed E-state index contributed by atoms with van der Waals surface area (Å²) in [7, 11) is 1.55. The molecule has 4 aromatic rings. The molecule has 0 bridgehead atoms. The van der Waals surface area contributed by atoms with Crippen LogP contribution in [0.2, 0.25) is 0 Å². The van der Waals surface area contributed by atoms with Gasteiger partial charge in [0.25, 0.3) is 11.5 Å². The number of carbonyl (C=O) groups is 1. The smallest absolute Gasteiger partial charge is 0.280 e. The van der Waals surface area contributed by atoms with E-state index >= 15 is 0 Å². The highest BCUT2D eigenvalue weighted by molar-refractivity contribution is 9.10. The van der Waals surface area contributed by atoms with Gasteiger partial charge in [0.15, 0.2) is 0 Å². The first kappa shape index (κ1) is 19.8. The van der Waals surface area contributed by atoms with E-state index in [1.165, 1.54) is 4.68 Å². The van der Waals surface area contributed by atoms with Gasteiger partial charge in [0.2, 0.25) is 0 Å². The van der Waals surface area contributed by atoms with Crippen molar-refractivity contribution in [2.45, 2.75) is 0 Å². The molecule has 30 heavy (non-hydrogen) atoms. The second-order valence-corrected chi connectivity index (χ2v) is 7.64. The topological polar surface area (TPSA) is 64.0 Å². The Hall–Kier alpha value is -3.51. The van der Waals surface area contributed by atoms with Crippen LogP contribution in [-0.4, -0.2) is 15.7 Å². The van der Waals surface area contributed by atoms with E-state index in [1.54, 1.807) is 19.2 Å². The highest BCUT2D eigenvalue weighted by atomic mass is 79.9. The number of hydrogen-bond donors (Lipinski definition) is 1. The monoisotopic (exact) mass is 459 g/mol. The van der Waals surface area contributed by atoms with E-state index in [2.05, 4.69) is 26.3 Å². The Morgan fingerprint density at radius 1 is 0.900 bits per heavy atom. The van der Waals surface area contributed by atoms with Crippen molar-refractivity contribution in [2.24, 2.45) is 7.05 Å². The SMILES string of the molecule is Cn1nc(-c2ccccc2)c(-c2ccccc2)c(C(=O)Nc2cccc(Br)c2)c1=O. The van der Waals surface area contributed by atoms with Crippen molar-refractivity contribution in [2.75, 3.05) is 5.32 Å². The molecule has 0 atom stereocenters. The molecule has 148 valence electrons. The molecule has 0 fully saturated rings. The van der Waals surface area contributed by atoms with Crippen molar-refractivity contribution in [3.63, 3.8) is 0 Å². The summed E-state index contributed by atoms with van der Waals surface area (Å²) in [6.07, 6.45) is 0. The van der Waals surface area contributed by atoms with Gasteiger partial charge in [-0.15, -0.1) is 0 Å². The Bertz CT molecular complexity index is 1270. The second-order valence-electron chi connectivity index (χ2n) is 6.72. The Kier molecular flexibility index (Phi) is 5.59. The molecule has 4 rings (SSSR count). The van der Waals surface area contributed by atoms with Crippen LogP contribution in [-0.2, 0) is 7.05 Å². The molecular formula is C24H18BrN3O2. The van der Waals surface area contributed by atoms with Crippen molar-refractivity contribution in [3.8, 4) is 22.4 Å². The van der Waals surface area contributed by atoms with Crippen LogP contribution in [0, 0.1) is 0 Å². The molecule has 1 N–H and O–H groups in total. The van der Waals surface area contributed by atoms with Gasteiger partial charge in [0.05, 0.1) is 5.69 Å². The molecule has 0 aliphatic carbocycles. The number of nitrogens with zero attached hydrogens (tertiary/aromatic N) is 2. The van der Waals surface area contributed by atoms with Crippen molar-refractivity contribution in [3.05, 3.63) is 105 Å². The van der Waals surface area contributed by atoms with E-state index in [4.69, 9.17) is 0 Å². The minimum Gasteiger partial charge on any atom is -0.322 e. The number of aryl methyl sites for hydroxylation is 1. The van der Waals surface area contributed by atoms with Gasteiger partial charge in [-0.05, 0) is 23.8 Å². The normalized spacial score (nSPS) is 10.6. The average Bonchev–Trinajstić information content (AvgIpc) is 2.76. The lowest BCUT2D eigenvalue weighted by atomic mass is 9.95. The number of benzene rings is 3. The summed E-state index contributed by atoms with van der Waals surface area (Å²) in [5, 5.41) is 7.35. The van der Waals surface area contributed by atoms with Crippen LogP contribution in [0.1, 0.15) is 10.4 Å². The zero-order valence-corrected chi connectivity index (χ0v) is 17.8. The summed E-state index contributed by atoms with van der Waals surface area (Å²) in [6, 6.07) is 26.2. The second kappa shape index (κ2) is 8.47. The molecule has 5 nitrogen and oxygen atoms in total. The molecule has 0 aliphatic rings. The Morgan fingerprint density at radius 3 is 2.17 bits per heavy atom. The average molecular weight is 460 g/mol. The van der Waals surface area contributed by atoms with Gasteiger partial charge in [0.1, 0.15) is 5.56 Å². The minimum absolute atomic E-state index is 0.0533. The van der Waals surface area contributed by atoms with Gasteiger partial charge in [-0.1, -0.05) is 82.7 Å². The van der Waals surface area contributed by atoms with Gasteiger partial charge < -0.3 is 5.32 Å². The fourth-order valence-corrected chi connectivity index (χ4v) is 3.69. The largest absolute Gasteiger partial charge is 0.322 e. The molecular weight excluding hydrogens is 442 g/mol. The van der Waals surface area contributed by atoms with Crippen LogP contribution in [0.5, 0.6) is 0 Å². The molecule has 1 amide bonds. The molecule has 0 spiro atoms. The molecule has 0 saturated carbocycles. The summed E-state index contributed by atoms with van der Waals surface area (Å²) in [5.74, 6) is -0.480. The van der Waals surface area contributed by atoms with E-state index in [0.717, 1.165) is 15.6 Å². The van der Waals surface area contributed by atoms with Crippen LogP contribution in [0.4, 0.5) is 5.69 Å². The van der Waals surface area contributed by atoms with Crippen molar-refractivity contribution in [1.82, 2.24) is 9.78 Å². The summed E-state index contributed by atoms with van der Waals surface area (Å²) in [4.78, 5) is 26.4. The lowest BCUT2D eigenvalue weighted by molar-refractivity contribution is 0.102. The predicted octanol–water partition coefficient (Wildman–Crippen LogP) is 5.13. The summed E-state index contributed by atoms with van der Waals surface area (Å²) in [6.45, 7) is 0. The fourth-order valence-electron chi connectivity index (χ4n) is 3.29. The number of hydrogen-bond acceptors (Lipinski definition) is 3. The fraction of sp³-hybridized carbons (Fsp3) is 0.0417. The molecule has 1 heterocycles. The molecule has 0 saturated heterocycles.